The highest BCUT2D eigenvalue weighted by atomic mass is 35.6. The van der Waals surface area contributed by atoms with E-state index in [4.69, 9.17) is 0 Å². The molecular weight excluding hydrogens is 1140 g/mol. The molecule has 0 aliphatic carbocycles. The molecule has 0 aromatic heterocycles. The van der Waals surface area contributed by atoms with E-state index in [1.54, 1.807) is 0 Å². The van der Waals surface area contributed by atoms with Crippen LogP contribution in [0.15, 0.2) is 0 Å². The van der Waals surface area contributed by atoms with Gasteiger partial charge in [-0.2, -0.15) is 140 Å². The summed E-state index contributed by atoms with van der Waals surface area (Å²) in [6.07, 6.45) is -36.8. The maximum atomic E-state index is 12.2. The lowest BCUT2D eigenvalue weighted by atomic mass is 10.3. The Bertz CT molecular complexity index is 896. The van der Waals surface area contributed by atoms with Crippen LogP contribution in [0.2, 0.25) is 0 Å². The van der Waals surface area contributed by atoms with Gasteiger partial charge in [0.05, 0.1) is 0 Å². The van der Waals surface area contributed by atoms with Gasteiger partial charge in [0.25, 0.3) is 7.59 Å². The van der Waals surface area contributed by atoms with Crippen LogP contribution in [0.4, 0.5) is 140 Å². The van der Waals surface area contributed by atoms with E-state index in [2.05, 4.69) is 116 Å². The molecule has 0 rings (SSSR count). The van der Waals surface area contributed by atoms with Crippen LogP contribution < -0.4 is 0 Å². The lowest BCUT2D eigenvalue weighted by Gasteiger charge is -2.26. The Balaban J connectivity index is -0.000000138. The molecule has 57 heavy (non-hydrogen) atoms. The van der Waals surface area contributed by atoms with Crippen LogP contribution >= 0.6 is 116 Å². The van der Waals surface area contributed by atoms with Crippen molar-refractivity contribution in [3.05, 3.63) is 0 Å². The first-order valence-corrected chi connectivity index (χ1v) is 14.0. The molecule has 354 valence electrons. The maximum Gasteiger partial charge on any atom is 0.487 e. The zero-order valence-corrected chi connectivity index (χ0v) is 30.9. The topological polar surface area (TPSA) is 0 Å². The highest BCUT2D eigenvalue weighted by Gasteiger charge is 2.74. The molecule has 0 atom stereocenters. The Kier molecular flexibility index (Phi) is 26.0. The Hall–Kier alpha value is 0.660. The summed E-state index contributed by atoms with van der Waals surface area (Å²) < 4.78 is 347. The van der Waals surface area contributed by atoms with Gasteiger partial charge in [-0.3, -0.25) is 0 Å². The van der Waals surface area contributed by atoms with E-state index >= 15 is 0 Å². The molecular formula is C15Cl10F32. The molecule has 0 bridgehead atoms. The molecule has 0 saturated carbocycles. The van der Waals surface area contributed by atoms with Gasteiger partial charge in [-0.1, -0.05) is 69.6 Å². The molecule has 0 aliphatic rings. The highest BCUT2D eigenvalue weighted by molar-refractivity contribution is 6.69. The summed E-state index contributed by atoms with van der Waals surface area (Å²) in [5, 5.41) is -19.3. The zero-order chi connectivity index (χ0) is 49.5. The minimum Gasteiger partial charge on any atom is -0.193 e. The van der Waals surface area contributed by atoms with E-state index in [9.17, 15) is 140 Å². The first-order chi connectivity index (χ1) is 23.2. The average molecular weight is 1140 g/mol. The summed E-state index contributed by atoms with van der Waals surface area (Å²) in [4.78, 5) is 0. The summed E-state index contributed by atoms with van der Waals surface area (Å²) in [5.74, 6) is -16.9. The van der Waals surface area contributed by atoms with Crippen LogP contribution in [0.25, 0.3) is 0 Å². The Labute approximate surface area is 339 Å². The molecule has 0 aromatic rings. The fourth-order valence-corrected chi connectivity index (χ4v) is 1.45. The molecule has 0 saturated heterocycles. The van der Waals surface area contributed by atoms with Crippen LogP contribution in [-0.2, 0) is 0 Å². The van der Waals surface area contributed by atoms with Crippen molar-refractivity contribution < 1.29 is 140 Å². The monoisotopic (exact) mass is 1140 g/mol. The van der Waals surface area contributed by atoms with Crippen molar-refractivity contribution in [2.75, 3.05) is 0 Å². The van der Waals surface area contributed by atoms with Gasteiger partial charge in [-0.15, -0.1) is 0 Å². The Morgan fingerprint density at radius 2 is 0.316 bits per heavy atom. The van der Waals surface area contributed by atoms with Gasteiger partial charge in [-0.05, 0) is 46.4 Å². The van der Waals surface area contributed by atoms with Gasteiger partial charge in [0.2, 0.25) is 0 Å². The standard InChI is InChI=1S/C3Cl4F4.C3Cl3F5.C3F8.C2Cl2F4.C2ClF5.C2F6/c4-2(5,6)1(8,9)3(7,10)11;4-2(5,6)1(7,8)3(9,10)11;4-1(5,2(6,7)8)3(9,10)11;3-1(5,6)2(4,7)8;2*3-1(4,5)2(6,7)8. The molecule has 0 heterocycles. The van der Waals surface area contributed by atoms with Crippen molar-refractivity contribution in [2.24, 2.45) is 0 Å². The smallest absolute Gasteiger partial charge is 0.193 e. The van der Waals surface area contributed by atoms with E-state index in [0.29, 0.717) is 0 Å². The van der Waals surface area contributed by atoms with Crippen molar-refractivity contribution in [1.82, 2.24) is 0 Å². The van der Waals surface area contributed by atoms with Gasteiger partial charge in [0, 0.05) is 0 Å². The van der Waals surface area contributed by atoms with E-state index in [1.165, 1.54) is 0 Å². The number of rotatable bonds is 2. The van der Waals surface area contributed by atoms with Crippen molar-refractivity contribution in [3.63, 3.8) is 0 Å². The lowest BCUT2D eigenvalue weighted by Crippen LogP contribution is -2.49. The highest BCUT2D eigenvalue weighted by Crippen LogP contribution is 2.53. The zero-order valence-electron chi connectivity index (χ0n) is 23.4. The van der Waals surface area contributed by atoms with Gasteiger partial charge in [-0.25, -0.2) is 0 Å². The lowest BCUT2D eigenvalue weighted by molar-refractivity contribution is -0.389. The number of hydrogen-bond donors (Lipinski definition) is 0. The summed E-state index contributed by atoms with van der Waals surface area (Å²) in [6, 6.07) is 0. The predicted octanol–water partition coefficient (Wildman–Crippen LogP) is 17.3. The molecule has 0 amide bonds. The van der Waals surface area contributed by atoms with E-state index in [1.807, 2.05) is 0 Å². The quantitative estimate of drug-likeness (QED) is 0.191. The first kappa shape index (κ1) is 69.4. The molecule has 0 aliphatic heterocycles. The average Bonchev–Trinajstić information content (AvgIpc) is 2.78. The molecule has 0 spiro atoms. The molecule has 0 fully saturated rings. The Morgan fingerprint density at radius 1 is 0.158 bits per heavy atom. The predicted molar refractivity (Wildman–Crippen MR) is 135 cm³/mol. The van der Waals surface area contributed by atoms with Crippen LogP contribution in [0.1, 0.15) is 0 Å². The minimum absolute atomic E-state index is 3.42. The molecule has 0 aromatic carbocycles. The van der Waals surface area contributed by atoms with Gasteiger partial charge in [0.15, 0.2) is 0 Å². The summed E-state index contributed by atoms with van der Waals surface area (Å²) in [7, 11) is 0. The SMILES string of the molecule is FC(F)(Cl)C(F)(F)C(Cl)(Cl)Cl.FC(F)(Cl)C(F)(F)Cl.FC(F)(F)C(F)(F)C(Cl)(Cl)Cl.FC(F)(F)C(F)(F)C(F)(F)F.FC(F)(F)C(F)(F)Cl.FC(F)(F)C(F)(F)F. The third-order valence-electron chi connectivity index (χ3n) is 3.10. The fourth-order valence-electron chi connectivity index (χ4n) is 0.482. The maximum absolute atomic E-state index is 12.2. The number of hydrogen-bond acceptors (Lipinski definition) is 0. The van der Waals surface area contributed by atoms with Crippen LogP contribution in [-0.4, -0.2) is 83.9 Å². The van der Waals surface area contributed by atoms with Crippen molar-refractivity contribution in [1.29, 1.82) is 0 Å². The molecule has 0 N–H and O–H groups in total. The van der Waals surface area contributed by atoms with Gasteiger partial charge < -0.3 is 0 Å². The second-order valence-electron chi connectivity index (χ2n) is 7.70. The third-order valence-corrected chi connectivity index (χ3v) is 5.55. The van der Waals surface area contributed by atoms with Crippen LogP contribution in [0.5, 0.6) is 0 Å². The molecule has 0 radical (unpaired) electrons. The number of alkyl halides is 42. The molecule has 0 nitrogen and oxygen atoms in total. The second kappa shape index (κ2) is 21.4. The van der Waals surface area contributed by atoms with E-state index in [0.717, 1.165) is 0 Å². The number of halogens is 42. The summed E-state index contributed by atoms with van der Waals surface area (Å²) >= 11 is 41.8. The third kappa shape index (κ3) is 25.4. The summed E-state index contributed by atoms with van der Waals surface area (Å²) in [6.45, 7) is 0. The minimum atomic E-state index is -6.62. The van der Waals surface area contributed by atoms with Gasteiger partial charge in [0.1, 0.15) is 0 Å². The first-order valence-electron chi connectivity index (χ1n) is 10.2. The molecule has 42 heteroatoms. The van der Waals surface area contributed by atoms with Gasteiger partial charge >= 0.3 is 76.4 Å². The van der Waals surface area contributed by atoms with E-state index < -0.39 is 83.9 Å². The van der Waals surface area contributed by atoms with Crippen LogP contribution in [0, 0.1) is 0 Å². The summed E-state index contributed by atoms with van der Waals surface area (Å²) in [5.41, 5.74) is 0. The largest absolute Gasteiger partial charge is 0.487 e. The molecule has 0 unspecified atom stereocenters. The van der Waals surface area contributed by atoms with E-state index in [-0.39, 0.29) is 0 Å². The Morgan fingerprint density at radius 3 is 0.316 bits per heavy atom. The normalized spacial score (nSPS) is 14.8. The fraction of sp³-hybridized carbons (Fsp3) is 1.00. The van der Waals surface area contributed by atoms with Crippen molar-refractivity contribution >= 4 is 116 Å². The van der Waals surface area contributed by atoms with Crippen molar-refractivity contribution in [2.45, 2.75) is 83.9 Å². The van der Waals surface area contributed by atoms with Crippen molar-refractivity contribution in [3.8, 4) is 0 Å². The van der Waals surface area contributed by atoms with Crippen LogP contribution in [0.3, 0.4) is 0 Å². The second-order valence-corrected chi connectivity index (χ2v) is 14.2.